The van der Waals surface area contributed by atoms with Gasteiger partial charge < -0.3 is 4.74 Å². The van der Waals surface area contributed by atoms with Crippen LogP contribution in [0.3, 0.4) is 0 Å². The molecule has 0 aromatic carbocycles. The van der Waals surface area contributed by atoms with Crippen molar-refractivity contribution in [2.24, 2.45) is 0 Å². The Bertz CT molecular complexity index is 1230. The summed E-state index contributed by atoms with van der Waals surface area (Å²) in [6.07, 6.45) is 1.93. The van der Waals surface area contributed by atoms with E-state index in [4.69, 9.17) is 16.3 Å². The van der Waals surface area contributed by atoms with Gasteiger partial charge in [0, 0.05) is 35.8 Å². The number of rotatable bonds is 5. The van der Waals surface area contributed by atoms with E-state index in [9.17, 15) is 13.6 Å². The van der Waals surface area contributed by atoms with E-state index in [2.05, 4.69) is 25.4 Å². The van der Waals surface area contributed by atoms with E-state index in [1.165, 1.54) is 40.8 Å². The number of pyridine rings is 1. The Morgan fingerprint density at radius 3 is 2.90 bits per heavy atom. The normalized spacial score (nSPS) is 11.2. The van der Waals surface area contributed by atoms with Crippen LogP contribution in [-0.4, -0.2) is 37.1 Å². The lowest BCUT2D eigenvalue weighted by Gasteiger charge is -2.10. The van der Waals surface area contributed by atoms with Crippen molar-refractivity contribution in [1.29, 1.82) is 0 Å². The SMILES string of the molecule is Cc1nc(-c2nc(Cl)cs2)ncc1OC(=O)Nn1cc(CC(F)F)c2cnccc21. The van der Waals surface area contributed by atoms with Gasteiger partial charge in [0.2, 0.25) is 6.43 Å². The van der Waals surface area contributed by atoms with Gasteiger partial charge in [0.1, 0.15) is 5.15 Å². The van der Waals surface area contributed by atoms with Crippen LogP contribution in [0.5, 0.6) is 5.75 Å². The van der Waals surface area contributed by atoms with Crippen molar-refractivity contribution < 1.29 is 18.3 Å². The lowest BCUT2D eigenvalue weighted by atomic mass is 10.2. The maximum absolute atomic E-state index is 12.8. The zero-order valence-electron chi connectivity index (χ0n) is 15.3. The largest absolute Gasteiger partial charge is 0.432 e. The van der Waals surface area contributed by atoms with E-state index in [-0.39, 0.29) is 5.75 Å². The summed E-state index contributed by atoms with van der Waals surface area (Å²) in [6.45, 7) is 1.65. The van der Waals surface area contributed by atoms with Crippen LogP contribution in [0.4, 0.5) is 13.6 Å². The second-order valence-electron chi connectivity index (χ2n) is 6.13. The zero-order valence-corrected chi connectivity index (χ0v) is 16.9. The van der Waals surface area contributed by atoms with Crippen LogP contribution in [0.25, 0.3) is 21.7 Å². The summed E-state index contributed by atoms with van der Waals surface area (Å²) < 4.78 is 32.3. The van der Waals surface area contributed by atoms with Crippen molar-refractivity contribution in [2.75, 3.05) is 5.43 Å². The summed E-state index contributed by atoms with van der Waals surface area (Å²) in [5, 5.41) is 3.06. The van der Waals surface area contributed by atoms with Gasteiger partial charge in [0.25, 0.3) is 0 Å². The highest BCUT2D eigenvalue weighted by Crippen LogP contribution is 2.25. The Balaban J connectivity index is 1.53. The average molecular weight is 451 g/mol. The molecule has 0 aliphatic heterocycles. The highest BCUT2D eigenvalue weighted by Gasteiger charge is 2.16. The van der Waals surface area contributed by atoms with Crippen LogP contribution in [0.2, 0.25) is 5.15 Å². The molecule has 1 N–H and O–H groups in total. The highest BCUT2D eigenvalue weighted by molar-refractivity contribution is 7.13. The van der Waals surface area contributed by atoms with Gasteiger partial charge >= 0.3 is 6.09 Å². The molecule has 8 nitrogen and oxygen atoms in total. The first kappa shape index (κ1) is 20.1. The number of aryl methyl sites for hydroxylation is 1. The van der Waals surface area contributed by atoms with Gasteiger partial charge in [-0.2, -0.15) is 0 Å². The van der Waals surface area contributed by atoms with Gasteiger partial charge in [-0.15, -0.1) is 11.3 Å². The topological polar surface area (TPSA) is 94.8 Å². The number of amides is 1. The molecule has 30 heavy (non-hydrogen) atoms. The molecule has 0 bridgehead atoms. The summed E-state index contributed by atoms with van der Waals surface area (Å²) in [4.78, 5) is 28.8. The number of hydrogen-bond donors (Lipinski definition) is 1. The number of fused-ring (bicyclic) bond motifs is 1. The van der Waals surface area contributed by atoms with Gasteiger partial charge in [-0.25, -0.2) is 34.0 Å². The molecule has 4 aromatic heterocycles. The summed E-state index contributed by atoms with van der Waals surface area (Å²) in [7, 11) is 0. The maximum atomic E-state index is 12.8. The molecular formula is C18H13ClF2N6O2S. The average Bonchev–Trinajstić information content (AvgIpc) is 3.27. The fourth-order valence-corrected chi connectivity index (χ4v) is 3.68. The standard InChI is InChI=1S/C18H13ClF2N6O2S/c1-9-13(6-23-16(24-9)17-25-14(19)8-30-17)29-18(28)26-27-7-10(4-15(20)21)11-5-22-3-2-12(11)27/h2-3,5-8,15H,4H2,1H3,(H,26,28). The molecule has 0 unspecified atom stereocenters. The third kappa shape index (κ3) is 4.21. The lowest BCUT2D eigenvalue weighted by molar-refractivity contribution is 0.149. The molecule has 0 spiro atoms. The lowest BCUT2D eigenvalue weighted by Crippen LogP contribution is -2.25. The third-order valence-electron chi connectivity index (χ3n) is 4.08. The monoisotopic (exact) mass is 450 g/mol. The second-order valence-corrected chi connectivity index (χ2v) is 7.38. The van der Waals surface area contributed by atoms with Crippen LogP contribution in [0.15, 0.2) is 36.2 Å². The number of alkyl halides is 2. The van der Waals surface area contributed by atoms with E-state index in [1.807, 2.05) is 0 Å². The molecular weight excluding hydrogens is 438 g/mol. The van der Waals surface area contributed by atoms with Crippen molar-refractivity contribution in [1.82, 2.24) is 24.6 Å². The number of thiazole rings is 1. The molecule has 0 aliphatic rings. The molecule has 0 saturated heterocycles. The van der Waals surface area contributed by atoms with Gasteiger partial charge in [0.15, 0.2) is 16.6 Å². The minimum atomic E-state index is -2.53. The Kier molecular flexibility index (Phi) is 5.55. The summed E-state index contributed by atoms with van der Waals surface area (Å²) in [6, 6.07) is 1.60. The molecule has 0 saturated carbocycles. The zero-order chi connectivity index (χ0) is 21.3. The van der Waals surface area contributed by atoms with Crippen LogP contribution in [-0.2, 0) is 6.42 Å². The Morgan fingerprint density at radius 1 is 1.37 bits per heavy atom. The summed E-state index contributed by atoms with van der Waals surface area (Å²) >= 11 is 7.11. The minimum absolute atomic E-state index is 0.143. The Hall–Kier alpha value is -3.18. The van der Waals surface area contributed by atoms with Gasteiger partial charge in [0.05, 0.1) is 17.4 Å². The molecule has 0 aliphatic carbocycles. The second kappa shape index (κ2) is 8.28. The first-order chi connectivity index (χ1) is 14.4. The quantitative estimate of drug-likeness (QED) is 0.482. The van der Waals surface area contributed by atoms with Crippen LogP contribution in [0, 0.1) is 6.92 Å². The molecule has 0 atom stereocenters. The van der Waals surface area contributed by atoms with Crippen molar-refractivity contribution >= 4 is 39.9 Å². The molecule has 4 rings (SSSR count). The maximum Gasteiger partial charge on any atom is 0.432 e. The molecule has 12 heteroatoms. The van der Waals surface area contributed by atoms with E-state index < -0.39 is 18.9 Å². The molecule has 0 fully saturated rings. The Labute approximate surface area is 177 Å². The van der Waals surface area contributed by atoms with E-state index >= 15 is 0 Å². The molecule has 4 aromatic rings. The molecule has 0 radical (unpaired) electrons. The first-order valence-corrected chi connectivity index (χ1v) is 9.82. The van der Waals surface area contributed by atoms with Gasteiger partial charge in [-0.1, -0.05) is 11.6 Å². The van der Waals surface area contributed by atoms with Crippen molar-refractivity contribution in [3.63, 3.8) is 0 Å². The first-order valence-electron chi connectivity index (χ1n) is 8.56. The number of nitrogens with one attached hydrogen (secondary N) is 1. The van der Waals surface area contributed by atoms with Crippen molar-refractivity contribution in [2.45, 2.75) is 19.8 Å². The molecule has 1 amide bonds. The van der Waals surface area contributed by atoms with Crippen LogP contribution >= 0.6 is 22.9 Å². The Morgan fingerprint density at radius 2 is 2.20 bits per heavy atom. The van der Waals surface area contributed by atoms with E-state index in [1.54, 1.807) is 18.4 Å². The summed E-state index contributed by atoms with van der Waals surface area (Å²) in [5.74, 6) is 0.502. The van der Waals surface area contributed by atoms with Gasteiger partial charge in [-0.05, 0) is 18.6 Å². The number of carbonyl (C=O) groups excluding carboxylic acids is 1. The van der Waals surface area contributed by atoms with Crippen LogP contribution < -0.4 is 10.2 Å². The third-order valence-corrected chi connectivity index (χ3v) is 5.24. The number of halogens is 3. The van der Waals surface area contributed by atoms with Crippen molar-refractivity contribution in [3.05, 3.63) is 52.6 Å². The predicted molar refractivity (Wildman–Crippen MR) is 108 cm³/mol. The van der Waals surface area contributed by atoms with E-state index in [0.29, 0.717) is 38.1 Å². The van der Waals surface area contributed by atoms with Gasteiger partial charge in [-0.3, -0.25) is 9.66 Å². The highest BCUT2D eigenvalue weighted by atomic mass is 35.5. The number of hydrogen-bond acceptors (Lipinski definition) is 7. The number of nitrogens with zero attached hydrogens (tertiary/aromatic N) is 5. The predicted octanol–water partition coefficient (Wildman–Crippen LogP) is 4.46. The number of ether oxygens (including phenoxy) is 1. The van der Waals surface area contributed by atoms with Crippen LogP contribution in [0.1, 0.15) is 11.3 Å². The fourth-order valence-electron chi connectivity index (χ4n) is 2.80. The number of carbonyl (C=O) groups is 1. The number of aromatic nitrogens is 5. The van der Waals surface area contributed by atoms with E-state index in [0.717, 1.165) is 0 Å². The molecule has 154 valence electrons. The van der Waals surface area contributed by atoms with Crippen molar-refractivity contribution in [3.8, 4) is 16.6 Å². The molecule has 4 heterocycles. The fraction of sp³-hybridized carbons (Fsp3) is 0.167. The summed E-state index contributed by atoms with van der Waals surface area (Å²) in [5.41, 5.74) is 3.80. The minimum Gasteiger partial charge on any atom is -0.406 e. The smallest absolute Gasteiger partial charge is 0.406 e.